The number of nitrogens with one attached hydrogen (secondary N) is 1. The second kappa shape index (κ2) is 2.43. The van der Waals surface area contributed by atoms with Crippen molar-refractivity contribution in [3.8, 4) is 0 Å². The fourth-order valence-electron chi connectivity index (χ4n) is 0.0402. The fourth-order valence-corrected chi connectivity index (χ4v) is 0.0402. The van der Waals surface area contributed by atoms with Crippen molar-refractivity contribution in [1.29, 1.82) is 5.41 Å². The largest absolute Gasteiger partial charge is 0.351 e. The van der Waals surface area contributed by atoms with Crippen LogP contribution in [-0.4, -0.2) is 11.3 Å². The molecule has 0 bridgehead atoms. The molecule has 6 heavy (non-hydrogen) atoms. The Bertz CT molecular complexity index is 52.8. The minimum atomic E-state index is -0.683. The Kier molecular flexibility index (Phi) is 2.10. The molecule has 36 valence electrons. The van der Waals surface area contributed by atoms with E-state index in [9.17, 15) is 0 Å². The van der Waals surface area contributed by atoms with Gasteiger partial charge in [-0.15, -0.1) is 0 Å². The monoisotopic (exact) mass is 92.0 g/mol. The van der Waals surface area contributed by atoms with Gasteiger partial charge in [0.1, 0.15) is 0 Å². The highest BCUT2D eigenvalue weighted by atomic mass is 17.5. The average molecular weight is 92.1 g/mol. The Morgan fingerprint density at radius 3 is 2.33 bits per heavy atom. The van der Waals surface area contributed by atoms with Crippen LogP contribution in [0.4, 0.5) is 0 Å². The minimum Gasteiger partial charge on any atom is -0.351 e. The lowest BCUT2D eigenvalue weighted by atomic mass is 11.2. The number of hydrogen-bond donors (Lipinski definition) is 3. The molecule has 0 aliphatic heterocycles. The van der Waals surface area contributed by atoms with Crippen LogP contribution in [-0.2, 0) is 9.93 Å². The van der Waals surface area contributed by atoms with Crippen LogP contribution in [0.1, 0.15) is 0 Å². The highest BCUT2D eigenvalue weighted by Gasteiger charge is 1.80. The molecule has 0 aliphatic rings. The van der Waals surface area contributed by atoms with Crippen LogP contribution in [0.5, 0.6) is 0 Å². The molecule has 5 nitrogen and oxygen atoms in total. The Hall–Kier alpha value is -0.810. The van der Waals surface area contributed by atoms with Gasteiger partial charge in [-0.2, -0.15) is 0 Å². The predicted octanol–water partition coefficient (Wildman–Crippen LogP) is -0.699. The first-order chi connectivity index (χ1) is 2.77. The summed E-state index contributed by atoms with van der Waals surface area (Å²) in [5.41, 5.74) is 4.48. The zero-order chi connectivity index (χ0) is 4.99. The predicted molar refractivity (Wildman–Crippen MR) is 16.7 cm³/mol. The third kappa shape index (κ3) is 3.19. The average Bonchev–Trinajstić information content (AvgIpc) is 1.35. The van der Waals surface area contributed by atoms with Gasteiger partial charge in [0, 0.05) is 0 Å². The molecule has 0 aromatic heterocycles. The number of hydrogen-bond acceptors (Lipinski definition) is 4. The third-order valence-corrected chi connectivity index (χ3v) is 0.127. The van der Waals surface area contributed by atoms with E-state index in [0.29, 0.717) is 0 Å². The molecule has 4 N–H and O–H groups in total. The van der Waals surface area contributed by atoms with E-state index in [0.717, 1.165) is 0 Å². The maximum Gasteiger partial charge on any atom is 0.320 e. The van der Waals surface area contributed by atoms with Gasteiger partial charge >= 0.3 is 6.02 Å². The quantitative estimate of drug-likeness (QED) is 0.173. The fraction of sp³-hybridized carbons (Fsp3) is 0. The molecule has 0 rings (SSSR count). The molecule has 5 heteroatoms. The smallest absolute Gasteiger partial charge is 0.320 e. The summed E-state index contributed by atoms with van der Waals surface area (Å²) in [6.07, 6.45) is 0. The van der Waals surface area contributed by atoms with E-state index in [4.69, 9.17) is 10.7 Å². The first kappa shape index (κ1) is 5.19. The van der Waals surface area contributed by atoms with E-state index in [1.807, 2.05) is 0 Å². The topological polar surface area (TPSA) is 88.6 Å². The molecule has 0 amide bonds. The molecule has 0 aliphatic carbocycles. The van der Waals surface area contributed by atoms with Crippen molar-refractivity contribution in [1.82, 2.24) is 0 Å². The molecule has 0 heterocycles. The second-order valence-corrected chi connectivity index (χ2v) is 0.522. The summed E-state index contributed by atoms with van der Waals surface area (Å²) in [6, 6.07) is -0.683. The molecule has 0 atom stereocenters. The van der Waals surface area contributed by atoms with E-state index in [1.165, 1.54) is 0 Å². The molecule has 0 aromatic rings. The van der Waals surface area contributed by atoms with Crippen molar-refractivity contribution < 1.29 is 15.2 Å². The van der Waals surface area contributed by atoms with Gasteiger partial charge in [-0.25, -0.2) is 10.7 Å². The van der Waals surface area contributed by atoms with Crippen molar-refractivity contribution in [3.63, 3.8) is 0 Å². The molecular formula is CH4N2O3. The van der Waals surface area contributed by atoms with Gasteiger partial charge < -0.3 is 5.73 Å². The summed E-state index contributed by atoms with van der Waals surface area (Å²) in [5.74, 6) is 0. The van der Waals surface area contributed by atoms with E-state index >= 15 is 0 Å². The molecule has 0 aromatic carbocycles. The van der Waals surface area contributed by atoms with Gasteiger partial charge in [0.05, 0.1) is 0 Å². The summed E-state index contributed by atoms with van der Waals surface area (Å²) >= 11 is 0. The lowest BCUT2D eigenvalue weighted by molar-refractivity contribution is -0.450. The molecule has 0 spiro atoms. The zero-order valence-corrected chi connectivity index (χ0v) is 2.84. The summed E-state index contributed by atoms with van der Waals surface area (Å²) < 4.78 is 0. The molecule has 0 fully saturated rings. The Labute approximate surface area is 33.6 Å². The molecular weight excluding hydrogens is 88.0 g/mol. The summed E-state index contributed by atoms with van der Waals surface area (Å²) in [7, 11) is 0. The van der Waals surface area contributed by atoms with Gasteiger partial charge in [-0.1, -0.05) is 0 Å². The lowest BCUT2D eigenvalue weighted by Crippen LogP contribution is -2.12. The van der Waals surface area contributed by atoms with Crippen LogP contribution in [0.2, 0.25) is 0 Å². The van der Waals surface area contributed by atoms with E-state index < -0.39 is 6.02 Å². The van der Waals surface area contributed by atoms with Crippen LogP contribution in [0, 0.1) is 5.41 Å². The Balaban J connectivity index is 2.83. The zero-order valence-electron chi connectivity index (χ0n) is 2.84. The highest BCUT2D eigenvalue weighted by molar-refractivity contribution is 5.66. The molecule has 0 radical (unpaired) electrons. The third-order valence-electron chi connectivity index (χ3n) is 0.127. The van der Waals surface area contributed by atoms with Gasteiger partial charge in [0.15, 0.2) is 0 Å². The summed E-state index contributed by atoms with van der Waals surface area (Å²) in [5, 5.41) is 16.4. The molecule has 0 saturated carbocycles. The van der Waals surface area contributed by atoms with Crippen LogP contribution in [0.3, 0.4) is 0 Å². The molecule has 0 saturated heterocycles. The normalized spacial score (nSPS) is 7.50. The summed E-state index contributed by atoms with van der Waals surface area (Å²) in [6.45, 7) is 0. The first-order valence-corrected chi connectivity index (χ1v) is 1.09. The summed E-state index contributed by atoms with van der Waals surface area (Å²) in [4.78, 5) is 3.46. The number of rotatable bonds is 1. The second-order valence-electron chi connectivity index (χ2n) is 0.522. The van der Waals surface area contributed by atoms with E-state index in [1.54, 1.807) is 0 Å². The maximum atomic E-state index is 7.29. The van der Waals surface area contributed by atoms with Gasteiger partial charge in [-0.3, -0.25) is 4.89 Å². The molecule has 0 unspecified atom stereocenters. The van der Waals surface area contributed by atoms with Crippen LogP contribution < -0.4 is 5.73 Å². The van der Waals surface area contributed by atoms with Crippen molar-refractivity contribution in [2.24, 2.45) is 5.73 Å². The van der Waals surface area contributed by atoms with Crippen molar-refractivity contribution in [2.75, 3.05) is 0 Å². The van der Waals surface area contributed by atoms with Crippen molar-refractivity contribution in [3.05, 3.63) is 0 Å². The lowest BCUT2D eigenvalue weighted by Gasteiger charge is -1.87. The van der Waals surface area contributed by atoms with E-state index in [2.05, 4.69) is 15.7 Å². The number of amidine groups is 1. The van der Waals surface area contributed by atoms with Crippen LogP contribution in [0.15, 0.2) is 0 Å². The Morgan fingerprint density at radius 2 is 2.33 bits per heavy atom. The Morgan fingerprint density at radius 1 is 1.83 bits per heavy atom. The van der Waals surface area contributed by atoms with E-state index in [-0.39, 0.29) is 0 Å². The highest BCUT2D eigenvalue weighted by Crippen LogP contribution is 1.62. The standard InChI is InChI=1S/CH4N2O3/c2-1(3)5-6-4/h4H,(H3,2,3). The van der Waals surface area contributed by atoms with Crippen LogP contribution >= 0.6 is 0 Å². The van der Waals surface area contributed by atoms with Crippen LogP contribution in [0.25, 0.3) is 0 Å². The number of nitrogens with two attached hydrogens (primary N) is 1. The van der Waals surface area contributed by atoms with Crippen molar-refractivity contribution >= 4 is 6.02 Å². The van der Waals surface area contributed by atoms with Crippen molar-refractivity contribution in [2.45, 2.75) is 0 Å². The minimum absolute atomic E-state index is 0.683. The SMILES string of the molecule is N=C(N)OOO. The van der Waals surface area contributed by atoms with Gasteiger partial charge in [-0.05, 0) is 5.04 Å². The van der Waals surface area contributed by atoms with Gasteiger partial charge in [0.2, 0.25) is 0 Å². The van der Waals surface area contributed by atoms with Gasteiger partial charge in [0.25, 0.3) is 0 Å². The first-order valence-electron chi connectivity index (χ1n) is 1.09. The maximum absolute atomic E-state index is 7.29.